The van der Waals surface area contributed by atoms with Crippen LogP contribution in [0.2, 0.25) is 0 Å². The molecule has 0 amide bonds. The number of carbonyl (C=O) groups excluding carboxylic acids is 1. The molecule has 20 heavy (non-hydrogen) atoms. The number of hydrogen-bond donors (Lipinski definition) is 0. The second-order valence-corrected chi connectivity index (χ2v) is 7.49. The van der Waals surface area contributed by atoms with Crippen LogP contribution in [0.5, 0.6) is 0 Å². The van der Waals surface area contributed by atoms with Crippen LogP contribution in [0.3, 0.4) is 0 Å². The van der Waals surface area contributed by atoms with Crippen LogP contribution in [0.25, 0.3) is 0 Å². The summed E-state index contributed by atoms with van der Waals surface area (Å²) in [5.41, 5.74) is 0.581. The zero-order chi connectivity index (χ0) is 15.5. The molecule has 0 radical (unpaired) electrons. The van der Waals surface area contributed by atoms with E-state index in [-0.39, 0.29) is 15.8 Å². The maximum absolute atomic E-state index is 12.8. The minimum absolute atomic E-state index is 0.0801. The minimum atomic E-state index is -3.69. The number of esters is 1. The Labute approximate surface area is 124 Å². The summed E-state index contributed by atoms with van der Waals surface area (Å²) >= 11 is 1.10. The molecule has 0 N–H and O–H groups in total. The Hall–Kier alpha value is -0.920. The highest BCUT2D eigenvalue weighted by Gasteiger charge is 2.33. The highest BCUT2D eigenvalue weighted by atomic mass is 32.2. The number of hydrogen-bond acceptors (Lipinski definition) is 5. The van der Waals surface area contributed by atoms with Crippen molar-refractivity contribution >= 4 is 27.3 Å². The summed E-state index contributed by atoms with van der Waals surface area (Å²) < 4.78 is 31.7. The molecule has 0 bridgehead atoms. The van der Waals surface area contributed by atoms with E-state index in [9.17, 15) is 13.2 Å². The lowest BCUT2D eigenvalue weighted by Crippen LogP contribution is -2.38. The van der Waals surface area contributed by atoms with Gasteiger partial charge in [-0.1, -0.05) is 6.92 Å². The van der Waals surface area contributed by atoms with Crippen LogP contribution in [-0.2, 0) is 14.8 Å². The predicted molar refractivity (Wildman–Crippen MR) is 79.7 cm³/mol. The van der Waals surface area contributed by atoms with Gasteiger partial charge < -0.3 is 4.74 Å². The van der Waals surface area contributed by atoms with Crippen molar-refractivity contribution in [2.75, 3.05) is 13.7 Å². The van der Waals surface area contributed by atoms with Gasteiger partial charge in [0.2, 0.25) is 10.0 Å². The molecule has 0 unspecified atom stereocenters. The summed E-state index contributed by atoms with van der Waals surface area (Å²) in [6, 6.07) is -0.162. The topological polar surface area (TPSA) is 63.7 Å². The van der Waals surface area contributed by atoms with Gasteiger partial charge in [0, 0.05) is 12.6 Å². The fourth-order valence-corrected chi connectivity index (χ4v) is 5.37. The number of ether oxygens (including phenoxy) is 1. The van der Waals surface area contributed by atoms with Gasteiger partial charge in [-0.2, -0.15) is 4.31 Å². The van der Waals surface area contributed by atoms with E-state index in [1.165, 1.54) is 11.4 Å². The lowest BCUT2D eigenvalue weighted by Gasteiger charge is -2.25. The Morgan fingerprint density at radius 3 is 2.50 bits per heavy atom. The molecule has 0 saturated carbocycles. The van der Waals surface area contributed by atoms with Crippen LogP contribution in [0.1, 0.15) is 42.4 Å². The lowest BCUT2D eigenvalue weighted by molar-refractivity contribution is 0.0602. The van der Waals surface area contributed by atoms with Crippen molar-refractivity contribution in [3.63, 3.8) is 0 Å². The van der Waals surface area contributed by atoms with Crippen molar-refractivity contribution in [3.05, 3.63) is 15.8 Å². The molecule has 114 valence electrons. The largest absolute Gasteiger partial charge is 0.465 e. The van der Waals surface area contributed by atoms with Crippen LogP contribution >= 0.6 is 11.3 Å². The summed E-state index contributed by atoms with van der Waals surface area (Å²) in [6.07, 6.45) is 0.716. The summed E-state index contributed by atoms with van der Waals surface area (Å²) in [4.78, 5) is 12.0. The molecule has 1 rings (SSSR count). The third kappa shape index (κ3) is 3.21. The fourth-order valence-electron chi connectivity index (χ4n) is 1.98. The van der Waals surface area contributed by atoms with Crippen molar-refractivity contribution in [1.29, 1.82) is 0 Å². The third-order valence-electron chi connectivity index (χ3n) is 2.88. The second kappa shape index (κ2) is 6.69. The van der Waals surface area contributed by atoms with E-state index in [4.69, 9.17) is 0 Å². The SMILES string of the molecule is CCCN(C(C)C)S(=O)(=O)c1c(C)csc1C(=O)OC. The Morgan fingerprint density at radius 2 is 2.05 bits per heavy atom. The lowest BCUT2D eigenvalue weighted by atomic mass is 10.3. The fraction of sp³-hybridized carbons (Fsp3) is 0.615. The van der Waals surface area contributed by atoms with Crippen molar-refractivity contribution in [3.8, 4) is 0 Å². The molecule has 1 aromatic rings. The van der Waals surface area contributed by atoms with E-state index in [2.05, 4.69) is 4.74 Å². The van der Waals surface area contributed by atoms with Gasteiger partial charge in [0.05, 0.1) is 7.11 Å². The number of thiophene rings is 1. The van der Waals surface area contributed by atoms with Crippen LogP contribution in [0.4, 0.5) is 0 Å². The highest BCUT2D eigenvalue weighted by molar-refractivity contribution is 7.89. The monoisotopic (exact) mass is 319 g/mol. The van der Waals surface area contributed by atoms with Crippen LogP contribution in [-0.4, -0.2) is 38.4 Å². The first-order valence-corrected chi connectivity index (χ1v) is 8.77. The van der Waals surface area contributed by atoms with Gasteiger partial charge in [0.25, 0.3) is 0 Å². The van der Waals surface area contributed by atoms with Gasteiger partial charge in [-0.15, -0.1) is 11.3 Å². The molecule has 0 atom stereocenters. The molecule has 1 heterocycles. The number of nitrogens with zero attached hydrogens (tertiary/aromatic N) is 1. The predicted octanol–water partition coefficient (Wildman–Crippen LogP) is 2.65. The molecule has 0 aliphatic heterocycles. The Balaban J connectivity index is 3.41. The van der Waals surface area contributed by atoms with Gasteiger partial charge in [-0.25, -0.2) is 13.2 Å². The molecule has 0 aliphatic rings. The number of carbonyl (C=O) groups is 1. The molecule has 0 aliphatic carbocycles. The van der Waals surface area contributed by atoms with Gasteiger partial charge in [-0.05, 0) is 38.1 Å². The molecule has 5 nitrogen and oxygen atoms in total. The number of aryl methyl sites for hydroxylation is 1. The van der Waals surface area contributed by atoms with E-state index in [1.54, 1.807) is 12.3 Å². The summed E-state index contributed by atoms with van der Waals surface area (Å²) in [5, 5.41) is 1.67. The number of sulfonamides is 1. The molecule has 0 aromatic carbocycles. The first kappa shape index (κ1) is 17.1. The maximum atomic E-state index is 12.8. The van der Waals surface area contributed by atoms with Crippen LogP contribution < -0.4 is 0 Å². The number of methoxy groups -OCH3 is 1. The Morgan fingerprint density at radius 1 is 1.45 bits per heavy atom. The molecular formula is C13H21NO4S2. The van der Waals surface area contributed by atoms with Crippen molar-refractivity contribution in [2.45, 2.75) is 45.1 Å². The summed E-state index contributed by atoms with van der Waals surface area (Å²) in [5.74, 6) is -0.609. The zero-order valence-electron chi connectivity index (χ0n) is 12.5. The van der Waals surface area contributed by atoms with Gasteiger partial charge in [-0.3, -0.25) is 0 Å². The quantitative estimate of drug-likeness (QED) is 0.756. The molecule has 7 heteroatoms. The van der Waals surface area contributed by atoms with Crippen molar-refractivity contribution in [1.82, 2.24) is 4.31 Å². The molecule has 0 saturated heterocycles. The van der Waals surface area contributed by atoms with Crippen LogP contribution in [0.15, 0.2) is 10.3 Å². The average molecular weight is 319 g/mol. The Kier molecular flexibility index (Phi) is 5.73. The first-order chi connectivity index (χ1) is 9.27. The first-order valence-electron chi connectivity index (χ1n) is 6.45. The van der Waals surface area contributed by atoms with Crippen molar-refractivity contribution < 1.29 is 17.9 Å². The third-order valence-corrected chi connectivity index (χ3v) is 6.35. The number of rotatable bonds is 6. The van der Waals surface area contributed by atoms with Gasteiger partial charge in [0.15, 0.2) is 0 Å². The van der Waals surface area contributed by atoms with E-state index >= 15 is 0 Å². The van der Waals surface area contributed by atoms with E-state index in [0.29, 0.717) is 18.5 Å². The maximum Gasteiger partial charge on any atom is 0.349 e. The van der Waals surface area contributed by atoms with Crippen LogP contribution in [0, 0.1) is 6.92 Å². The minimum Gasteiger partial charge on any atom is -0.465 e. The normalized spacial score (nSPS) is 12.2. The Bertz CT molecular complexity index is 575. The van der Waals surface area contributed by atoms with E-state index in [1.807, 2.05) is 20.8 Å². The standard InChI is InChI=1S/C13H21NO4S2/c1-6-7-14(9(2)3)20(16,17)12-10(4)8-19-11(12)13(15)18-5/h8-9H,6-7H2,1-5H3. The van der Waals surface area contributed by atoms with E-state index in [0.717, 1.165) is 11.3 Å². The molecule has 1 aromatic heterocycles. The molecule has 0 fully saturated rings. The zero-order valence-corrected chi connectivity index (χ0v) is 14.1. The van der Waals surface area contributed by atoms with Gasteiger partial charge in [0.1, 0.15) is 9.77 Å². The van der Waals surface area contributed by atoms with E-state index < -0.39 is 16.0 Å². The summed E-state index contributed by atoms with van der Waals surface area (Å²) in [7, 11) is -2.44. The molecule has 0 spiro atoms. The molecular weight excluding hydrogens is 298 g/mol. The summed E-state index contributed by atoms with van der Waals surface area (Å²) in [6.45, 7) is 7.70. The van der Waals surface area contributed by atoms with Gasteiger partial charge >= 0.3 is 5.97 Å². The smallest absolute Gasteiger partial charge is 0.349 e. The second-order valence-electron chi connectivity index (χ2n) is 4.78. The van der Waals surface area contributed by atoms with Crippen molar-refractivity contribution in [2.24, 2.45) is 0 Å². The highest BCUT2D eigenvalue weighted by Crippen LogP contribution is 2.31. The average Bonchev–Trinajstić information content (AvgIpc) is 2.76.